The Bertz CT molecular complexity index is 882. The smallest absolute Gasteiger partial charge is 0.0660 e. The number of likely N-dealkylation sites (N-methyl/N-ethyl adjacent to an activating group) is 1. The third kappa shape index (κ3) is 5.28. The lowest BCUT2D eigenvalue weighted by Crippen LogP contribution is -2.36. The summed E-state index contributed by atoms with van der Waals surface area (Å²) in [5.41, 5.74) is 5.95. The summed E-state index contributed by atoms with van der Waals surface area (Å²) in [6.07, 6.45) is 8.13. The number of benzene rings is 2. The van der Waals surface area contributed by atoms with Gasteiger partial charge in [0.05, 0.1) is 6.54 Å². The first-order valence-corrected chi connectivity index (χ1v) is 11.3. The van der Waals surface area contributed by atoms with E-state index in [0.29, 0.717) is 6.54 Å². The Morgan fingerprint density at radius 2 is 1.90 bits per heavy atom. The molecular weight excluding hydrogens is 424 g/mol. The molecule has 0 saturated carbocycles. The number of likely N-dealkylation sites (tertiary alicyclic amines) is 1. The molecule has 152 valence electrons. The van der Waals surface area contributed by atoms with E-state index < -0.39 is 0 Å². The quantitative estimate of drug-likeness (QED) is 0.648. The van der Waals surface area contributed by atoms with Gasteiger partial charge in [-0.3, -0.25) is 4.99 Å². The van der Waals surface area contributed by atoms with E-state index in [1.54, 1.807) is 0 Å². The van der Waals surface area contributed by atoms with E-state index >= 15 is 0 Å². The molecule has 0 radical (unpaired) electrons. The van der Waals surface area contributed by atoms with Gasteiger partial charge < -0.3 is 15.1 Å². The van der Waals surface area contributed by atoms with Crippen molar-refractivity contribution >= 4 is 39.1 Å². The number of halogens is 1. The highest BCUT2D eigenvalue weighted by Crippen LogP contribution is 2.26. The molecule has 0 unspecified atom stereocenters. The van der Waals surface area contributed by atoms with Crippen LogP contribution in [0.4, 0.5) is 11.4 Å². The highest BCUT2D eigenvalue weighted by atomic mass is 79.9. The minimum atomic E-state index is 0.702. The average molecular weight is 453 g/mol. The Morgan fingerprint density at radius 3 is 2.69 bits per heavy atom. The SMILES string of the molecule is CN(CCN1CCCCC1)c1ccc(N/C=C2\CN=Cc3ccc(Br)cc32)cc1. The molecule has 2 aliphatic heterocycles. The van der Waals surface area contributed by atoms with Crippen LogP contribution in [0.5, 0.6) is 0 Å². The largest absolute Gasteiger partial charge is 0.373 e. The number of piperidine rings is 1. The third-order valence-electron chi connectivity index (χ3n) is 5.77. The molecule has 0 atom stereocenters. The normalized spacial score (nSPS) is 17.9. The highest BCUT2D eigenvalue weighted by molar-refractivity contribution is 9.10. The van der Waals surface area contributed by atoms with Gasteiger partial charge in [-0.1, -0.05) is 28.4 Å². The summed E-state index contributed by atoms with van der Waals surface area (Å²) in [6.45, 7) is 5.44. The van der Waals surface area contributed by atoms with Crippen molar-refractivity contribution in [3.05, 3.63) is 64.3 Å². The van der Waals surface area contributed by atoms with Gasteiger partial charge in [-0.15, -0.1) is 0 Å². The van der Waals surface area contributed by atoms with Gasteiger partial charge in [-0.2, -0.15) is 0 Å². The van der Waals surface area contributed by atoms with Crippen LogP contribution in [-0.2, 0) is 0 Å². The van der Waals surface area contributed by atoms with Crippen molar-refractivity contribution in [2.24, 2.45) is 4.99 Å². The second kappa shape index (κ2) is 9.59. The fourth-order valence-corrected chi connectivity index (χ4v) is 4.32. The first kappa shape index (κ1) is 20.2. The Kier molecular flexibility index (Phi) is 6.67. The Balaban J connectivity index is 1.35. The maximum atomic E-state index is 4.48. The van der Waals surface area contributed by atoms with Crippen molar-refractivity contribution in [2.45, 2.75) is 19.3 Å². The van der Waals surface area contributed by atoms with Gasteiger partial charge >= 0.3 is 0 Å². The number of hydrogen-bond acceptors (Lipinski definition) is 4. The first-order valence-electron chi connectivity index (χ1n) is 10.5. The van der Waals surface area contributed by atoms with E-state index in [1.807, 2.05) is 6.21 Å². The van der Waals surface area contributed by atoms with Crippen molar-refractivity contribution in [1.82, 2.24) is 4.90 Å². The summed E-state index contributed by atoms with van der Waals surface area (Å²) in [5.74, 6) is 0. The molecule has 1 saturated heterocycles. The Hall–Kier alpha value is -2.11. The van der Waals surface area contributed by atoms with Crippen molar-refractivity contribution in [1.29, 1.82) is 0 Å². The fourth-order valence-electron chi connectivity index (χ4n) is 3.96. The molecule has 1 N–H and O–H groups in total. The molecule has 4 nitrogen and oxygen atoms in total. The molecule has 0 aromatic heterocycles. The van der Waals surface area contributed by atoms with Gasteiger partial charge in [-0.05, 0) is 79.0 Å². The second-order valence-corrected chi connectivity index (χ2v) is 8.80. The molecule has 0 aliphatic carbocycles. The monoisotopic (exact) mass is 452 g/mol. The van der Waals surface area contributed by atoms with Crippen LogP contribution in [0, 0.1) is 0 Å². The molecule has 1 fully saturated rings. The summed E-state index contributed by atoms with van der Waals surface area (Å²) >= 11 is 3.57. The number of hydrogen-bond donors (Lipinski definition) is 1. The summed E-state index contributed by atoms with van der Waals surface area (Å²) in [7, 11) is 2.18. The molecule has 4 rings (SSSR count). The maximum absolute atomic E-state index is 4.48. The first-order chi connectivity index (χ1) is 14.2. The van der Waals surface area contributed by atoms with Crippen molar-refractivity contribution in [3.8, 4) is 0 Å². The average Bonchev–Trinajstić information content (AvgIpc) is 2.77. The molecule has 29 heavy (non-hydrogen) atoms. The van der Waals surface area contributed by atoms with E-state index in [-0.39, 0.29) is 0 Å². The number of aliphatic imine (C=N–C) groups is 1. The molecule has 2 heterocycles. The van der Waals surface area contributed by atoms with Gasteiger partial charge in [0.2, 0.25) is 0 Å². The third-order valence-corrected chi connectivity index (χ3v) is 6.27. The van der Waals surface area contributed by atoms with Crippen LogP contribution in [0.25, 0.3) is 5.57 Å². The minimum absolute atomic E-state index is 0.702. The van der Waals surface area contributed by atoms with Crippen molar-refractivity contribution in [3.63, 3.8) is 0 Å². The zero-order chi connectivity index (χ0) is 20.1. The fraction of sp³-hybridized carbons (Fsp3) is 0.375. The Labute approximate surface area is 182 Å². The topological polar surface area (TPSA) is 30.9 Å². The number of nitrogens with one attached hydrogen (secondary N) is 1. The van der Waals surface area contributed by atoms with E-state index in [2.05, 4.69) is 91.8 Å². The number of nitrogens with zero attached hydrogens (tertiary/aromatic N) is 3. The minimum Gasteiger partial charge on any atom is -0.373 e. The number of fused-ring (bicyclic) bond motifs is 1. The Morgan fingerprint density at radius 1 is 1.10 bits per heavy atom. The van der Waals surface area contributed by atoms with Gasteiger partial charge in [-0.25, -0.2) is 0 Å². The van der Waals surface area contributed by atoms with Gasteiger partial charge in [0.15, 0.2) is 0 Å². The summed E-state index contributed by atoms with van der Waals surface area (Å²) < 4.78 is 1.09. The highest BCUT2D eigenvalue weighted by Gasteiger charge is 2.12. The summed E-state index contributed by atoms with van der Waals surface area (Å²) in [4.78, 5) is 9.41. The van der Waals surface area contributed by atoms with Crippen LogP contribution in [0.15, 0.2) is 58.1 Å². The number of anilines is 2. The zero-order valence-electron chi connectivity index (χ0n) is 17.1. The zero-order valence-corrected chi connectivity index (χ0v) is 18.7. The van der Waals surface area contributed by atoms with Crippen molar-refractivity contribution in [2.75, 3.05) is 50.0 Å². The predicted octanol–water partition coefficient (Wildman–Crippen LogP) is 5.26. The van der Waals surface area contributed by atoms with Gasteiger partial charge in [0.1, 0.15) is 0 Å². The molecule has 5 heteroatoms. The molecule has 2 aliphatic rings. The second-order valence-electron chi connectivity index (χ2n) is 7.89. The summed E-state index contributed by atoms with van der Waals surface area (Å²) in [5, 5.41) is 3.45. The van der Waals surface area contributed by atoms with Gasteiger partial charge in [0, 0.05) is 48.4 Å². The molecule has 0 spiro atoms. The van der Waals surface area contributed by atoms with Crippen LogP contribution in [0.1, 0.15) is 30.4 Å². The standard InChI is InChI=1S/C24H29BrN4/c1-28(13-14-29-11-3-2-4-12-29)23-9-7-22(8-10-23)27-18-20-17-26-16-19-5-6-21(25)15-24(19)20/h5-10,15-16,18,27H,2-4,11-14,17H2,1H3/b20-18+. The van der Waals surface area contributed by atoms with Crippen LogP contribution in [-0.4, -0.2) is 50.9 Å². The van der Waals surface area contributed by atoms with E-state index in [0.717, 1.165) is 28.8 Å². The summed E-state index contributed by atoms with van der Waals surface area (Å²) in [6, 6.07) is 15.0. The molecule has 0 bridgehead atoms. The van der Waals surface area contributed by atoms with Crippen molar-refractivity contribution < 1.29 is 0 Å². The lowest BCUT2D eigenvalue weighted by molar-refractivity contribution is 0.234. The van der Waals surface area contributed by atoms with Gasteiger partial charge in [0.25, 0.3) is 0 Å². The molecule has 0 amide bonds. The predicted molar refractivity (Wildman–Crippen MR) is 128 cm³/mol. The number of rotatable bonds is 6. The van der Waals surface area contributed by atoms with E-state index in [4.69, 9.17) is 0 Å². The van der Waals surface area contributed by atoms with Crippen LogP contribution in [0.2, 0.25) is 0 Å². The lowest BCUT2D eigenvalue weighted by atomic mass is 9.99. The van der Waals surface area contributed by atoms with Crippen LogP contribution >= 0.6 is 15.9 Å². The molecular formula is C24H29BrN4. The van der Waals surface area contributed by atoms with Crippen LogP contribution in [0.3, 0.4) is 0 Å². The lowest BCUT2D eigenvalue weighted by Gasteiger charge is -2.29. The maximum Gasteiger partial charge on any atom is 0.0660 e. The van der Waals surface area contributed by atoms with E-state index in [9.17, 15) is 0 Å². The molecule has 2 aromatic carbocycles. The molecule has 2 aromatic rings. The van der Waals surface area contributed by atoms with E-state index in [1.165, 1.54) is 49.2 Å². The van der Waals surface area contributed by atoms with Crippen LogP contribution < -0.4 is 10.2 Å².